The highest BCUT2D eigenvalue weighted by molar-refractivity contribution is 7.92. The Kier molecular flexibility index (Phi) is 7.27. The van der Waals surface area contributed by atoms with Crippen molar-refractivity contribution in [3.63, 3.8) is 0 Å². The second kappa shape index (κ2) is 9.82. The standard InChI is InChI=1S/C23H24FN3O5S2/c1-16-5-4-6-17(2)23(16)26-34(31,32)21-13-9-19(10-14-21)25-22(28)15-27(33(3,29)30)20-11-7-18(24)8-12-20/h4-14,26H,15H2,1-3H3,(H,25,28). The summed E-state index contributed by atoms with van der Waals surface area (Å²) in [4.78, 5) is 12.5. The zero-order valence-corrected chi connectivity index (χ0v) is 20.4. The number of sulfonamides is 2. The number of benzene rings is 3. The lowest BCUT2D eigenvalue weighted by Gasteiger charge is -2.21. The van der Waals surface area contributed by atoms with Crippen molar-refractivity contribution in [3.8, 4) is 0 Å². The number of rotatable bonds is 8. The van der Waals surface area contributed by atoms with Crippen LogP contribution in [0, 0.1) is 19.7 Å². The van der Waals surface area contributed by atoms with Gasteiger partial charge in [0.25, 0.3) is 10.0 Å². The van der Waals surface area contributed by atoms with Crippen LogP contribution in [-0.2, 0) is 24.8 Å². The Morgan fingerprint density at radius 3 is 1.97 bits per heavy atom. The topological polar surface area (TPSA) is 113 Å². The van der Waals surface area contributed by atoms with Gasteiger partial charge >= 0.3 is 0 Å². The van der Waals surface area contributed by atoms with Gasteiger partial charge in [0.15, 0.2) is 0 Å². The van der Waals surface area contributed by atoms with Crippen LogP contribution >= 0.6 is 0 Å². The summed E-state index contributed by atoms with van der Waals surface area (Å²) in [5.41, 5.74) is 2.48. The third kappa shape index (κ3) is 6.12. The summed E-state index contributed by atoms with van der Waals surface area (Å²) in [6.07, 6.45) is 0.937. The van der Waals surface area contributed by atoms with Gasteiger partial charge in [-0.2, -0.15) is 0 Å². The summed E-state index contributed by atoms with van der Waals surface area (Å²) in [6, 6.07) is 15.6. The molecule has 0 saturated carbocycles. The van der Waals surface area contributed by atoms with Gasteiger partial charge in [0.2, 0.25) is 15.9 Å². The predicted octanol–water partition coefficient (Wildman–Crippen LogP) is 3.65. The molecule has 0 aliphatic rings. The van der Waals surface area contributed by atoms with Crippen LogP contribution < -0.4 is 14.3 Å². The van der Waals surface area contributed by atoms with Crippen molar-refractivity contribution in [1.82, 2.24) is 0 Å². The molecular weight excluding hydrogens is 481 g/mol. The van der Waals surface area contributed by atoms with Crippen LogP contribution in [0.4, 0.5) is 21.5 Å². The van der Waals surface area contributed by atoms with Crippen LogP contribution in [0.15, 0.2) is 71.6 Å². The number of hydrogen-bond donors (Lipinski definition) is 2. The highest BCUT2D eigenvalue weighted by Crippen LogP contribution is 2.24. The molecule has 0 unspecified atom stereocenters. The van der Waals surface area contributed by atoms with Crippen LogP contribution in [0.2, 0.25) is 0 Å². The smallest absolute Gasteiger partial charge is 0.261 e. The zero-order valence-electron chi connectivity index (χ0n) is 18.7. The lowest BCUT2D eigenvalue weighted by molar-refractivity contribution is -0.114. The van der Waals surface area contributed by atoms with E-state index in [1.54, 1.807) is 26.0 Å². The van der Waals surface area contributed by atoms with E-state index < -0.39 is 38.3 Å². The van der Waals surface area contributed by atoms with Crippen molar-refractivity contribution < 1.29 is 26.0 Å². The van der Waals surface area contributed by atoms with Gasteiger partial charge < -0.3 is 5.32 Å². The third-order valence-corrected chi connectivity index (χ3v) is 7.47. The summed E-state index contributed by atoms with van der Waals surface area (Å²) >= 11 is 0. The lowest BCUT2D eigenvalue weighted by atomic mass is 10.1. The van der Waals surface area contributed by atoms with Gasteiger partial charge in [-0.3, -0.25) is 13.8 Å². The summed E-state index contributed by atoms with van der Waals surface area (Å²) in [5.74, 6) is -1.19. The first-order valence-corrected chi connectivity index (χ1v) is 13.4. The van der Waals surface area contributed by atoms with E-state index in [9.17, 15) is 26.0 Å². The highest BCUT2D eigenvalue weighted by Gasteiger charge is 2.21. The Morgan fingerprint density at radius 2 is 1.44 bits per heavy atom. The quantitative estimate of drug-likeness (QED) is 0.485. The van der Waals surface area contributed by atoms with Gasteiger partial charge in [0, 0.05) is 5.69 Å². The van der Waals surface area contributed by atoms with Crippen LogP contribution in [0.3, 0.4) is 0 Å². The molecule has 2 N–H and O–H groups in total. The molecule has 0 atom stereocenters. The van der Waals surface area contributed by atoms with E-state index in [-0.39, 0.29) is 16.3 Å². The molecule has 3 aromatic rings. The minimum Gasteiger partial charge on any atom is -0.325 e. The molecule has 0 spiro atoms. The molecule has 0 aromatic heterocycles. The average molecular weight is 506 g/mol. The molecule has 3 aromatic carbocycles. The lowest BCUT2D eigenvalue weighted by Crippen LogP contribution is -2.37. The van der Waals surface area contributed by atoms with Crippen LogP contribution in [0.25, 0.3) is 0 Å². The zero-order chi connectivity index (χ0) is 25.1. The van der Waals surface area contributed by atoms with Crippen molar-refractivity contribution in [2.45, 2.75) is 18.7 Å². The number of nitrogens with zero attached hydrogens (tertiary/aromatic N) is 1. The van der Waals surface area contributed by atoms with Crippen molar-refractivity contribution in [2.24, 2.45) is 0 Å². The van der Waals surface area contributed by atoms with E-state index in [4.69, 9.17) is 0 Å². The summed E-state index contributed by atoms with van der Waals surface area (Å²) in [7, 11) is -7.68. The first-order valence-electron chi connectivity index (χ1n) is 10.1. The monoisotopic (exact) mass is 505 g/mol. The number of amides is 1. The number of halogens is 1. The third-order valence-electron chi connectivity index (χ3n) is 4.97. The molecule has 1 amide bonds. The molecule has 8 nitrogen and oxygen atoms in total. The molecule has 0 heterocycles. The number of para-hydroxylation sites is 1. The number of anilines is 3. The molecule has 3 rings (SSSR count). The van der Waals surface area contributed by atoms with E-state index in [1.165, 1.54) is 36.4 Å². The molecule has 180 valence electrons. The fraction of sp³-hybridized carbons (Fsp3) is 0.174. The largest absolute Gasteiger partial charge is 0.325 e. The number of nitrogens with one attached hydrogen (secondary N) is 2. The minimum absolute atomic E-state index is 0.00257. The van der Waals surface area contributed by atoms with Gasteiger partial charge in [0.05, 0.1) is 22.5 Å². The van der Waals surface area contributed by atoms with Crippen LogP contribution in [0.5, 0.6) is 0 Å². The van der Waals surface area contributed by atoms with Gasteiger partial charge in [-0.25, -0.2) is 21.2 Å². The van der Waals surface area contributed by atoms with E-state index in [1.807, 2.05) is 6.07 Å². The van der Waals surface area contributed by atoms with Gasteiger partial charge in [0.1, 0.15) is 12.4 Å². The van der Waals surface area contributed by atoms with Crippen molar-refractivity contribution in [2.75, 3.05) is 27.1 Å². The Bertz CT molecular complexity index is 1390. The average Bonchev–Trinajstić information content (AvgIpc) is 2.75. The number of carbonyl (C=O) groups excluding carboxylic acids is 1. The first-order chi connectivity index (χ1) is 15.9. The number of carbonyl (C=O) groups is 1. The maximum atomic E-state index is 13.2. The van der Waals surface area contributed by atoms with E-state index in [0.717, 1.165) is 33.8 Å². The molecule has 0 saturated heterocycles. The van der Waals surface area contributed by atoms with E-state index >= 15 is 0 Å². The number of hydrogen-bond acceptors (Lipinski definition) is 5. The molecule has 0 bridgehead atoms. The fourth-order valence-electron chi connectivity index (χ4n) is 3.22. The Morgan fingerprint density at radius 1 is 0.882 bits per heavy atom. The molecule has 0 fully saturated rings. The molecule has 0 radical (unpaired) electrons. The van der Waals surface area contributed by atoms with Gasteiger partial charge in [-0.15, -0.1) is 0 Å². The Balaban J connectivity index is 1.73. The van der Waals surface area contributed by atoms with Crippen molar-refractivity contribution in [3.05, 3.63) is 83.7 Å². The molecule has 34 heavy (non-hydrogen) atoms. The predicted molar refractivity (Wildman–Crippen MR) is 130 cm³/mol. The number of aryl methyl sites for hydroxylation is 2. The summed E-state index contributed by atoms with van der Waals surface area (Å²) < 4.78 is 66.4. The molecule has 11 heteroatoms. The highest BCUT2D eigenvalue weighted by atomic mass is 32.2. The van der Waals surface area contributed by atoms with Crippen LogP contribution in [0.1, 0.15) is 11.1 Å². The van der Waals surface area contributed by atoms with Crippen molar-refractivity contribution >= 4 is 43.0 Å². The molecular formula is C23H24FN3O5S2. The summed E-state index contributed by atoms with van der Waals surface area (Å²) in [6.45, 7) is 3.06. The van der Waals surface area contributed by atoms with E-state index in [2.05, 4.69) is 10.0 Å². The SMILES string of the molecule is Cc1cccc(C)c1NS(=O)(=O)c1ccc(NC(=O)CN(c2ccc(F)cc2)S(C)(=O)=O)cc1. The second-order valence-electron chi connectivity index (χ2n) is 7.69. The van der Waals surface area contributed by atoms with Crippen molar-refractivity contribution in [1.29, 1.82) is 0 Å². The van der Waals surface area contributed by atoms with E-state index in [0.29, 0.717) is 5.69 Å². The maximum absolute atomic E-state index is 13.2. The minimum atomic E-state index is -3.86. The Hall–Kier alpha value is -3.44. The molecule has 0 aliphatic carbocycles. The van der Waals surface area contributed by atoms with Gasteiger partial charge in [-0.1, -0.05) is 18.2 Å². The second-order valence-corrected chi connectivity index (χ2v) is 11.3. The fourth-order valence-corrected chi connectivity index (χ4v) is 5.28. The Labute approximate surface area is 198 Å². The van der Waals surface area contributed by atoms with Crippen LogP contribution in [-0.4, -0.2) is 35.5 Å². The summed E-state index contributed by atoms with van der Waals surface area (Å²) in [5, 5.41) is 2.54. The van der Waals surface area contributed by atoms with Gasteiger partial charge in [-0.05, 0) is 73.5 Å². The first kappa shape index (κ1) is 25.2. The molecule has 0 aliphatic heterocycles. The normalized spacial score (nSPS) is 11.6. The maximum Gasteiger partial charge on any atom is 0.261 e.